The third-order valence-electron chi connectivity index (χ3n) is 3.35. The van der Waals surface area contributed by atoms with Gasteiger partial charge in [0.05, 0.1) is 5.69 Å². The largest absolute Gasteiger partial charge is 0.378 e. The summed E-state index contributed by atoms with van der Waals surface area (Å²) in [5, 5.41) is 1.08. The molecule has 0 radical (unpaired) electrons. The Morgan fingerprint density at radius 2 is 2.00 bits per heavy atom. The van der Waals surface area contributed by atoms with Crippen LogP contribution in [0.3, 0.4) is 0 Å². The van der Waals surface area contributed by atoms with Crippen molar-refractivity contribution in [3.63, 3.8) is 0 Å². The quantitative estimate of drug-likeness (QED) is 0.486. The summed E-state index contributed by atoms with van der Waals surface area (Å²) in [7, 11) is 4.04. The number of nitrogens with one attached hydrogen (secondary N) is 1. The fraction of sp³-hybridized carbons (Fsp3) is 0.235. The number of halogens is 1. The molecular weight excluding hydrogens is 282 g/mol. The molecule has 1 aliphatic rings. The van der Waals surface area contributed by atoms with E-state index in [4.69, 9.17) is 11.6 Å². The molecule has 1 aromatic carbocycles. The molecular formula is C17H16ClN3. The molecule has 0 spiro atoms. The van der Waals surface area contributed by atoms with Crippen LogP contribution in [-0.4, -0.2) is 24.6 Å². The van der Waals surface area contributed by atoms with Gasteiger partial charge >= 0.3 is 0 Å². The maximum Gasteiger partial charge on any atom is 0.134 e. The van der Waals surface area contributed by atoms with Gasteiger partial charge in [-0.1, -0.05) is 23.6 Å². The molecule has 2 heterocycles. The van der Waals surface area contributed by atoms with Crippen LogP contribution < -0.4 is 15.6 Å². The molecule has 1 atom stereocenters. The van der Waals surface area contributed by atoms with Crippen LogP contribution in [0.2, 0.25) is 0 Å². The molecule has 4 heteroatoms. The lowest BCUT2D eigenvalue weighted by atomic mass is 10.2. The highest BCUT2D eigenvalue weighted by Gasteiger charge is 2.05. The van der Waals surface area contributed by atoms with Crippen molar-refractivity contribution in [1.29, 1.82) is 0 Å². The number of nitrogens with zero attached hydrogens (tertiary/aromatic N) is 2. The SMILES string of the molecule is CN(C)c1ccc(C#Cc2cc3c([nH]2)=NC(Cl)CC=3)cc1. The van der Waals surface area contributed by atoms with Crippen LogP contribution in [0.25, 0.3) is 6.08 Å². The third kappa shape index (κ3) is 3.12. The molecule has 0 saturated carbocycles. The smallest absolute Gasteiger partial charge is 0.134 e. The Hall–Kier alpha value is -2.18. The highest BCUT2D eigenvalue weighted by Crippen LogP contribution is 2.11. The Labute approximate surface area is 129 Å². The summed E-state index contributed by atoms with van der Waals surface area (Å²) in [6.45, 7) is 0. The van der Waals surface area contributed by atoms with Crippen LogP contribution >= 0.6 is 11.6 Å². The van der Waals surface area contributed by atoms with E-state index < -0.39 is 0 Å². The van der Waals surface area contributed by atoms with Gasteiger partial charge < -0.3 is 9.88 Å². The number of benzene rings is 1. The molecule has 0 bridgehead atoms. The first kappa shape index (κ1) is 13.8. The zero-order valence-corrected chi connectivity index (χ0v) is 12.8. The average Bonchev–Trinajstić information content (AvgIpc) is 2.87. The minimum absolute atomic E-state index is 0.171. The predicted molar refractivity (Wildman–Crippen MR) is 87.0 cm³/mol. The highest BCUT2D eigenvalue weighted by atomic mass is 35.5. The summed E-state index contributed by atoms with van der Waals surface area (Å²) in [5.41, 5.74) is 3.67. The van der Waals surface area contributed by atoms with Gasteiger partial charge in [0, 0.05) is 37.0 Å². The van der Waals surface area contributed by atoms with Gasteiger partial charge in [-0.2, -0.15) is 0 Å². The summed E-state index contributed by atoms with van der Waals surface area (Å²) in [5.74, 6) is 6.30. The van der Waals surface area contributed by atoms with Gasteiger partial charge in [0.15, 0.2) is 0 Å². The zero-order chi connectivity index (χ0) is 14.8. The van der Waals surface area contributed by atoms with Gasteiger partial charge in [-0.25, -0.2) is 4.99 Å². The molecule has 1 aliphatic heterocycles. The normalized spacial score (nSPS) is 16.0. The molecule has 21 heavy (non-hydrogen) atoms. The van der Waals surface area contributed by atoms with E-state index in [1.54, 1.807) is 0 Å². The maximum absolute atomic E-state index is 6.01. The molecule has 0 saturated heterocycles. The molecule has 3 rings (SSSR count). The Morgan fingerprint density at radius 3 is 2.71 bits per heavy atom. The lowest BCUT2D eigenvalue weighted by Gasteiger charge is -2.11. The van der Waals surface area contributed by atoms with E-state index in [1.165, 1.54) is 0 Å². The van der Waals surface area contributed by atoms with Crippen LogP contribution in [0.5, 0.6) is 0 Å². The number of hydrogen-bond acceptors (Lipinski definition) is 2. The van der Waals surface area contributed by atoms with Crippen molar-refractivity contribution in [3.8, 4) is 11.8 Å². The summed E-state index contributed by atoms with van der Waals surface area (Å²) in [4.78, 5) is 9.62. The van der Waals surface area contributed by atoms with E-state index in [0.717, 1.165) is 34.1 Å². The third-order valence-corrected chi connectivity index (χ3v) is 3.63. The Bertz CT molecular complexity index is 820. The van der Waals surface area contributed by atoms with E-state index >= 15 is 0 Å². The van der Waals surface area contributed by atoms with Gasteiger partial charge in [0.2, 0.25) is 0 Å². The lowest BCUT2D eigenvalue weighted by molar-refractivity contribution is 0.867. The Morgan fingerprint density at radius 1 is 1.24 bits per heavy atom. The first-order valence-electron chi connectivity index (χ1n) is 6.82. The van der Waals surface area contributed by atoms with Gasteiger partial charge in [-0.05, 0) is 36.3 Å². The number of alkyl halides is 1. The minimum Gasteiger partial charge on any atom is -0.378 e. The van der Waals surface area contributed by atoms with Crippen molar-refractivity contribution in [3.05, 3.63) is 52.3 Å². The molecule has 106 valence electrons. The zero-order valence-electron chi connectivity index (χ0n) is 12.0. The van der Waals surface area contributed by atoms with Gasteiger partial charge in [-0.15, -0.1) is 0 Å². The highest BCUT2D eigenvalue weighted by molar-refractivity contribution is 6.20. The van der Waals surface area contributed by atoms with Crippen molar-refractivity contribution in [1.82, 2.24) is 4.98 Å². The molecule has 1 aromatic heterocycles. The number of aromatic amines is 1. The van der Waals surface area contributed by atoms with Crippen LogP contribution in [0.15, 0.2) is 35.3 Å². The fourth-order valence-corrected chi connectivity index (χ4v) is 2.38. The van der Waals surface area contributed by atoms with Crippen LogP contribution in [-0.2, 0) is 0 Å². The summed E-state index contributed by atoms with van der Waals surface area (Å²) in [6, 6.07) is 10.2. The Balaban J connectivity index is 1.87. The van der Waals surface area contributed by atoms with Crippen LogP contribution in [0.1, 0.15) is 17.7 Å². The van der Waals surface area contributed by atoms with E-state index in [2.05, 4.69) is 44.9 Å². The topological polar surface area (TPSA) is 31.4 Å². The van der Waals surface area contributed by atoms with Crippen molar-refractivity contribution in [2.24, 2.45) is 4.99 Å². The minimum atomic E-state index is -0.171. The average molecular weight is 298 g/mol. The molecule has 0 aliphatic carbocycles. The number of aromatic nitrogens is 1. The number of H-pyrrole nitrogens is 1. The first-order chi connectivity index (χ1) is 10.1. The predicted octanol–water partition coefficient (Wildman–Crippen LogP) is 1.85. The van der Waals surface area contributed by atoms with E-state index in [1.807, 2.05) is 32.3 Å². The van der Waals surface area contributed by atoms with Crippen LogP contribution in [0.4, 0.5) is 5.69 Å². The molecule has 1 unspecified atom stereocenters. The first-order valence-corrected chi connectivity index (χ1v) is 7.26. The molecule has 1 N–H and O–H groups in total. The van der Waals surface area contributed by atoms with Gasteiger partial charge in [-0.3, -0.25) is 0 Å². The molecule has 0 fully saturated rings. The van der Waals surface area contributed by atoms with Crippen molar-refractivity contribution in [2.75, 3.05) is 19.0 Å². The molecule has 3 nitrogen and oxygen atoms in total. The summed E-state index contributed by atoms with van der Waals surface area (Å²) in [6.07, 6.45) is 2.86. The second-order valence-corrected chi connectivity index (χ2v) is 5.69. The number of anilines is 1. The lowest BCUT2D eigenvalue weighted by Crippen LogP contribution is -2.27. The molecule has 2 aromatic rings. The monoisotopic (exact) mass is 297 g/mol. The van der Waals surface area contributed by atoms with E-state index in [9.17, 15) is 0 Å². The fourth-order valence-electron chi connectivity index (χ4n) is 2.19. The number of fused-ring (bicyclic) bond motifs is 1. The van der Waals surface area contributed by atoms with Crippen molar-refractivity contribution >= 4 is 23.4 Å². The summed E-state index contributed by atoms with van der Waals surface area (Å²) >= 11 is 6.01. The van der Waals surface area contributed by atoms with Crippen molar-refractivity contribution < 1.29 is 0 Å². The molecule has 0 amide bonds. The Kier molecular flexibility index (Phi) is 3.72. The van der Waals surface area contributed by atoms with Gasteiger partial charge in [0.25, 0.3) is 0 Å². The van der Waals surface area contributed by atoms with E-state index in [0.29, 0.717) is 0 Å². The number of rotatable bonds is 1. The second kappa shape index (κ2) is 5.67. The summed E-state index contributed by atoms with van der Waals surface area (Å²) < 4.78 is 0. The number of hydrogen-bond donors (Lipinski definition) is 1. The van der Waals surface area contributed by atoms with Crippen LogP contribution in [0, 0.1) is 11.8 Å². The van der Waals surface area contributed by atoms with E-state index in [-0.39, 0.29) is 5.50 Å². The second-order valence-electron chi connectivity index (χ2n) is 5.18. The van der Waals surface area contributed by atoms with Gasteiger partial charge in [0.1, 0.15) is 11.0 Å². The standard InChI is InChI=1S/C17H16ClN3/c1-21(2)15-8-4-12(5-9-15)3-7-14-11-13-6-10-16(18)20-17(13)19-14/h4-6,8-9,11,16H,10H2,1-2H3,(H,19,20). The maximum atomic E-state index is 6.01. The van der Waals surface area contributed by atoms with Crippen molar-refractivity contribution in [2.45, 2.75) is 11.9 Å².